The van der Waals surface area contributed by atoms with Crippen molar-refractivity contribution in [2.45, 2.75) is 64.2 Å². The molecule has 0 radical (unpaired) electrons. The van der Waals surface area contributed by atoms with Gasteiger partial charge in [0.25, 0.3) is 0 Å². The Bertz CT molecular complexity index is 806. The van der Waals surface area contributed by atoms with Gasteiger partial charge in [-0.3, -0.25) is 9.27 Å². The highest BCUT2D eigenvalue weighted by Gasteiger charge is 2.51. The molecular formula is C20H29NO4S. The predicted molar refractivity (Wildman–Crippen MR) is 102 cm³/mol. The molecule has 2 fully saturated rings. The van der Waals surface area contributed by atoms with E-state index < -0.39 is 10.3 Å². The average Bonchev–Trinajstić information content (AvgIpc) is 3.04. The van der Waals surface area contributed by atoms with Gasteiger partial charge in [-0.05, 0) is 85.0 Å². The molecule has 26 heavy (non-hydrogen) atoms. The number of rotatable bonds is 4. The summed E-state index contributed by atoms with van der Waals surface area (Å²) >= 11 is 0. The van der Waals surface area contributed by atoms with E-state index in [1.165, 1.54) is 63.2 Å². The molecule has 2 saturated carbocycles. The molecule has 0 bridgehead atoms. The van der Waals surface area contributed by atoms with Crippen LogP contribution in [0.4, 0.5) is 5.69 Å². The Morgan fingerprint density at radius 3 is 2.77 bits per heavy atom. The predicted octanol–water partition coefficient (Wildman–Crippen LogP) is 4.55. The number of hydrogen-bond donors (Lipinski definition) is 2. The SMILES string of the molecule is CC[C@@]12CCC[C@H]1[C@@H]1CCc3cc(NS(=O)(=O)O)c(OC)cc3[C@H]1CC2. The molecule has 2 N–H and O–H groups in total. The molecule has 5 nitrogen and oxygen atoms in total. The van der Waals surface area contributed by atoms with E-state index in [1.54, 1.807) is 0 Å². The molecule has 0 unspecified atom stereocenters. The van der Waals surface area contributed by atoms with E-state index in [-0.39, 0.29) is 0 Å². The normalized spacial score (nSPS) is 33.1. The van der Waals surface area contributed by atoms with Gasteiger partial charge in [-0.15, -0.1) is 0 Å². The fraction of sp³-hybridized carbons (Fsp3) is 0.700. The van der Waals surface area contributed by atoms with E-state index in [4.69, 9.17) is 9.29 Å². The first-order chi connectivity index (χ1) is 12.4. The summed E-state index contributed by atoms with van der Waals surface area (Å²) in [7, 11) is -2.77. The van der Waals surface area contributed by atoms with Crippen molar-refractivity contribution < 1.29 is 17.7 Å². The minimum atomic E-state index is -4.31. The Kier molecular flexibility index (Phi) is 4.47. The lowest BCUT2D eigenvalue weighted by Gasteiger charge is -2.50. The van der Waals surface area contributed by atoms with E-state index in [2.05, 4.69) is 11.6 Å². The minimum absolute atomic E-state index is 0.326. The second-order valence-electron chi connectivity index (χ2n) is 8.39. The van der Waals surface area contributed by atoms with Crippen molar-refractivity contribution in [3.63, 3.8) is 0 Å². The van der Waals surface area contributed by atoms with Crippen LogP contribution in [0, 0.1) is 17.3 Å². The van der Waals surface area contributed by atoms with Gasteiger partial charge in [0.1, 0.15) is 5.75 Å². The molecule has 3 aliphatic rings. The number of hydrogen-bond acceptors (Lipinski definition) is 3. The number of methoxy groups -OCH3 is 1. The van der Waals surface area contributed by atoms with Crippen LogP contribution in [0.15, 0.2) is 12.1 Å². The molecule has 0 amide bonds. The second-order valence-corrected chi connectivity index (χ2v) is 9.55. The van der Waals surface area contributed by atoms with Crippen molar-refractivity contribution in [3.05, 3.63) is 23.3 Å². The maximum Gasteiger partial charge on any atom is 0.357 e. The van der Waals surface area contributed by atoms with Crippen LogP contribution in [-0.4, -0.2) is 20.1 Å². The van der Waals surface area contributed by atoms with Crippen LogP contribution in [0.3, 0.4) is 0 Å². The fourth-order valence-electron chi connectivity index (χ4n) is 6.40. The van der Waals surface area contributed by atoms with Crippen LogP contribution in [0.25, 0.3) is 0 Å². The van der Waals surface area contributed by atoms with Gasteiger partial charge in [-0.25, -0.2) is 0 Å². The number of fused-ring (bicyclic) bond motifs is 5. The maximum absolute atomic E-state index is 11.2. The number of nitrogens with one attached hydrogen (secondary N) is 1. The highest BCUT2D eigenvalue weighted by atomic mass is 32.2. The summed E-state index contributed by atoms with van der Waals surface area (Å²) in [4.78, 5) is 0. The molecule has 0 saturated heterocycles. The maximum atomic E-state index is 11.2. The van der Waals surface area contributed by atoms with Crippen molar-refractivity contribution in [1.29, 1.82) is 0 Å². The van der Waals surface area contributed by atoms with Crippen molar-refractivity contribution >= 4 is 16.0 Å². The van der Waals surface area contributed by atoms with Crippen molar-refractivity contribution in [1.82, 2.24) is 0 Å². The Balaban J connectivity index is 1.70. The Morgan fingerprint density at radius 2 is 2.08 bits per heavy atom. The lowest BCUT2D eigenvalue weighted by atomic mass is 9.54. The monoisotopic (exact) mass is 379 g/mol. The minimum Gasteiger partial charge on any atom is -0.495 e. The zero-order valence-electron chi connectivity index (χ0n) is 15.6. The molecule has 0 aliphatic heterocycles. The summed E-state index contributed by atoms with van der Waals surface area (Å²) in [5, 5.41) is 0. The second kappa shape index (κ2) is 6.41. The molecule has 1 aromatic rings. The molecule has 4 rings (SSSR count). The molecule has 6 heteroatoms. The average molecular weight is 380 g/mol. The number of aryl methyl sites for hydroxylation is 1. The summed E-state index contributed by atoms with van der Waals surface area (Å²) in [6.07, 6.45) is 10.1. The van der Waals surface area contributed by atoms with Gasteiger partial charge >= 0.3 is 10.3 Å². The van der Waals surface area contributed by atoms with Gasteiger partial charge in [0.15, 0.2) is 0 Å². The van der Waals surface area contributed by atoms with Gasteiger partial charge in [-0.1, -0.05) is 19.8 Å². The molecule has 144 valence electrons. The summed E-state index contributed by atoms with van der Waals surface area (Å²) < 4.78 is 39.2. The highest BCUT2D eigenvalue weighted by Crippen LogP contribution is 2.62. The molecule has 0 spiro atoms. The Hall–Kier alpha value is -1.27. The zero-order chi connectivity index (χ0) is 18.5. The van der Waals surface area contributed by atoms with Crippen LogP contribution >= 0.6 is 0 Å². The van der Waals surface area contributed by atoms with Crippen molar-refractivity contribution in [2.75, 3.05) is 11.8 Å². The van der Waals surface area contributed by atoms with Crippen molar-refractivity contribution in [3.8, 4) is 5.75 Å². The van der Waals surface area contributed by atoms with E-state index in [9.17, 15) is 8.42 Å². The number of benzene rings is 1. The lowest BCUT2D eigenvalue weighted by Crippen LogP contribution is -2.40. The first-order valence-corrected chi connectivity index (χ1v) is 11.3. The lowest BCUT2D eigenvalue weighted by molar-refractivity contribution is 0.0408. The van der Waals surface area contributed by atoms with Crippen LogP contribution in [0.2, 0.25) is 0 Å². The van der Waals surface area contributed by atoms with Crippen LogP contribution in [0.5, 0.6) is 5.75 Å². The molecule has 1 aromatic carbocycles. The quantitative estimate of drug-likeness (QED) is 0.753. The van der Waals surface area contributed by atoms with E-state index >= 15 is 0 Å². The molecular weight excluding hydrogens is 350 g/mol. The number of anilines is 1. The zero-order valence-corrected chi connectivity index (χ0v) is 16.4. The van der Waals surface area contributed by atoms with Gasteiger partial charge in [0, 0.05) is 0 Å². The third-order valence-corrected chi connectivity index (χ3v) is 7.99. The smallest absolute Gasteiger partial charge is 0.357 e. The van der Waals surface area contributed by atoms with Gasteiger partial charge in [0.2, 0.25) is 0 Å². The molecule has 0 heterocycles. The van der Waals surface area contributed by atoms with Gasteiger partial charge < -0.3 is 4.74 Å². The van der Waals surface area contributed by atoms with Crippen LogP contribution < -0.4 is 9.46 Å². The van der Waals surface area contributed by atoms with E-state index in [1.807, 2.05) is 12.1 Å². The van der Waals surface area contributed by atoms with E-state index in [0.717, 1.165) is 18.3 Å². The van der Waals surface area contributed by atoms with Crippen LogP contribution in [0.1, 0.15) is 68.9 Å². The van der Waals surface area contributed by atoms with Crippen LogP contribution in [-0.2, 0) is 16.7 Å². The summed E-state index contributed by atoms with van der Waals surface area (Å²) in [6.45, 7) is 2.37. The third-order valence-electron chi connectivity index (χ3n) is 7.51. The van der Waals surface area contributed by atoms with Gasteiger partial charge in [0.05, 0.1) is 12.8 Å². The van der Waals surface area contributed by atoms with E-state index in [0.29, 0.717) is 22.8 Å². The highest BCUT2D eigenvalue weighted by molar-refractivity contribution is 7.87. The molecule has 3 aliphatic carbocycles. The first kappa shape index (κ1) is 18.1. The first-order valence-electron chi connectivity index (χ1n) is 9.83. The molecule has 4 atom stereocenters. The Morgan fingerprint density at radius 1 is 1.27 bits per heavy atom. The third kappa shape index (κ3) is 2.91. The summed E-state index contributed by atoms with van der Waals surface area (Å²) in [6, 6.07) is 3.86. The Labute approximate surface area is 156 Å². The van der Waals surface area contributed by atoms with Gasteiger partial charge in [-0.2, -0.15) is 8.42 Å². The standard InChI is InChI=1S/C20H29NO4S/c1-3-20-9-4-5-17(20)15-7-6-13-11-18(21-26(22,23)24)19(25-2)12-16(13)14(15)8-10-20/h11-12,14-15,17,21H,3-10H2,1-2H3,(H,22,23,24)/t14-,15+,17-,20-/m0/s1. The summed E-state index contributed by atoms with van der Waals surface area (Å²) in [5.74, 6) is 2.61. The number of ether oxygens (including phenoxy) is 1. The summed E-state index contributed by atoms with van der Waals surface area (Å²) in [5.41, 5.74) is 3.41. The fourth-order valence-corrected chi connectivity index (χ4v) is 6.84. The molecule has 0 aromatic heterocycles. The van der Waals surface area contributed by atoms with Crippen molar-refractivity contribution in [2.24, 2.45) is 17.3 Å². The largest absolute Gasteiger partial charge is 0.495 e. The topological polar surface area (TPSA) is 75.6 Å².